The van der Waals surface area contributed by atoms with Gasteiger partial charge in [0.25, 0.3) is 0 Å². The Balaban J connectivity index is 2.16. The molecule has 14 heavy (non-hydrogen) atoms. The van der Waals surface area contributed by atoms with E-state index in [4.69, 9.17) is 4.74 Å². The maximum atomic E-state index is 9.43. The van der Waals surface area contributed by atoms with Crippen molar-refractivity contribution in [1.82, 2.24) is 0 Å². The number of hydrogen-bond donors (Lipinski definition) is 1. The second kappa shape index (κ2) is 6.74. The summed E-state index contributed by atoms with van der Waals surface area (Å²) in [6.07, 6.45) is 2.42. The van der Waals surface area contributed by atoms with Crippen LogP contribution in [0.15, 0.2) is 30.3 Å². The minimum Gasteiger partial charge on any atom is -0.493 e. The fraction of sp³-hybridized carbons (Fsp3) is 0.455. The van der Waals surface area contributed by atoms with Crippen LogP contribution in [0.4, 0.5) is 0 Å². The van der Waals surface area contributed by atoms with Gasteiger partial charge in [0, 0.05) is 12.2 Å². The molecule has 0 bridgehead atoms. The highest BCUT2D eigenvalue weighted by Gasteiger charge is 2.02. The molecule has 0 aliphatic rings. The molecule has 78 valence electrons. The van der Waals surface area contributed by atoms with E-state index >= 15 is 0 Å². The highest BCUT2D eigenvalue weighted by Crippen LogP contribution is 2.09. The molecule has 0 fully saturated rings. The Bertz CT molecular complexity index is 238. The van der Waals surface area contributed by atoms with Gasteiger partial charge in [0.2, 0.25) is 0 Å². The molecular weight excluding hydrogens is 196 g/mol. The molecule has 3 heteroatoms. The van der Waals surface area contributed by atoms with Gasteiger partial charge in [0.05, 0.1) is 12.7 Å². The van der Waals surface area contributed by atoms with Crippen molar-refractivity contribution < 1.29 is 9.84 Å². The minimum absolute atomic E-state index is 0.256. The van der Waals surface area contributed by atoms with E-state index < -0.39 is 0 Å². The van der Waals surface area contributed by atoms with Crippen LogP contribution >= 0.6 is 11.8 Å². The summed E-state index contributed by atoms with van der Waals surface area (Å²) in [5.41, 5.74) is 0. The number of aliphatic hydroxyl groups is 1. The third-order valence-corrected chi connectivity index (χ3v) is 2.54. The smallest absolute Gasteiger partial charge is 0.119 e. The van der Waals surface area contributed by atoms with Gasteiger partial charge < -0.3 is 9.84 Å². The molecule has 0 amide bonds. The maximum Gasteiger partial charge on any atom is 0.119 e. The van der Waals surface area contributed by atoms with Crippen LogP contribution in [0.5, 0.6) is 5.75 Å². The average molecular weight is 212 g/mol. The molecule has 1 unspecified atom stereocenters. The number of para-hydroxylation sites is 1. The number of ether oxygens (including phenoxy) is 1. The van der Waals surface area contributed by atoms with Crippen molar-refractivity contribution in [1.29, 1.82) is 0 Å². The van der Waals surface area contributed by atoms with Crippen molar-refractivity contribution in [2.75, 3.05) is 18.6 Å². The molecule has 2 nitrogen and oxygen atoms in total. The van der Waals surface area contributed by atoms with Crippen LogP contribution in [-0.4, -0.2) is 29.8 Å². The van der Waals surface area contributed by atoms with E-state index in [-0.39, 0.29) is 6.10 Å². The quantitative estimate of drug-likeness (QED) is 0.783. The second-order valence-corrected chi connectivity index (χ2v) is 3.97. The van der Waals surface area contributed by atoms with Crippen LogP contribution in [0.1, 0.15) is 6.42 Å². The minimum atomic E-state index is -0.256. The fourth-order valence-corrected chi connectivity index (χ4v) is 1.66. The molecule has 0 heterocycles. The van der Waals surface area contributed by atoms with Crippen LogP contribution in [0.3, 0.4) is 0 Å². The van der Waals surface area contributed by atoms with Crippen molar-refractivity contribution in [3.05, 3.63) is 30.3 Å². The molecule has 0 radical (unpaired) electrons. The van der Waals surface area contributed by atoms with Crippen molar-refractivity contribution in [2.24, 2.45) is 0 Å². The Hall–Kier alpha value is -0.670. The van der Waals surface area contributed by atoms with Gasteiger partial charge in [0.1, 0.15) is 5.75 Å². The van der Waals surface area contributed by atoms with E-state index in [9.17, 15) is 5.11 Å². The Kier molecular flexibility index (Phi) is 5.49. The second-order valence-electron chi connectivity index (χ2n) is 3.06. The normalized spacial score (nSPS) is 12.4. The molecule has 0 aliphatic carbocycles. The van der Waals surface area contributed by atoms with Gasteiger partial charge in [-0.25, -0.2) is 0 Å². The first kappa shape index (κ1) is 11.4. The molecular formula is C11H16O2S. The Morgan fingerprint density at radius 1 is 1.36 bits per heavy atom. The van der Waals surface area contributed by atoms with Crippen LogP contribution in [-0.2, 0) is 0 Å². The molecule has 0 aromatic heterocycles. The van der Waals surface area contributed by atoms with Gasteiger partial charge in [-0.3, -0.25) is 0 Å². The zero-order chi connectivity index (χ0) is 10.2. The molecule has 0 spiro atoms. The van der Waals surface area contributed by atoms with Gasteiger partial charge in [-0.15, -0.1) is 0 Å². The first-order valence-corrected chi connectivity index (χ1v) is 6.07. The highest BCUT2D eigenvalue weighted by atomic mass is 32.2. The summed E-state index contributed by atoms with van der Waals surface area (Å²) in [4.78, 5) is 0. The van der Waals surface area contributed by atoms with E-state index in [2.05, 4.69) is 0 Å². The lowest BCUT2D eigenvalue weighted by molar-refractivity contribution is 0.159. The predicted octanol–water partition coefficient (Wildman–Crippen LogP) is 2.18. The largest absolute Gasteiger partial charge is 0.493 e. The fourth-order valence-electron chi connectivity index (χ4n) is 1.11. The van der Waals surface area contributed by atoms with E-state index in [1.165, 1.54) is 0 Å². The number of rotatable bonds is 6. The zero-order valence-corrected chi connectivity index (χ0v) is 9.17. The van der Waals surface area contributed by atoms with Crippen molar-refractivity contribution in [3.8, 4) is 5.75 Å². The zero-order valence-electron chi connectivity index (χ0n) is 8.35. The standard InChI is InChI=1S/C11H16O2S/c1-14-9-10(12)7-8-13-11-5-3-2-4-6-11/h2-6,10,12H,7-9H2,1H3. The van der Waals surface area contributed by atoms with Crippen molar-refractivity contribution in [2.45, 2.75) is 12.5 Å². The SMILES string of the molecule is CSCC(O)CCOc1ccccc1. The van der Waals surface area contributed by atoms with E-state index in [0.29, 0.717) is 13.0 Å². The lowest BCUT2D eigenvalue weighted by atomic mass is 10.3. The van der Waals surface area contributed by atoms with Gasteiger partial charge in [-0.05, 0) is 18.4 Å². The van der Waals surface area contributed by atoms with Gasteiger partial charge in [-0.1, -0.05) is 18.2 Å². The first-order valence-electron chi connectivity index (χ1n) is 4.68. The monoisotopic (exact) mass is 212 g/mol. The molecule has 1 atom stereocenters. The Morgan fingerprint density at radius 3 is 2.71 bits per heavy atom. The molecule has 1 aromatic rings. The maximum absolute atomic E-state index is 9.43. The number of thioether (sulfide) groups is 1. The Morgan fingerprint density at radius 2 is 2.07 bits per heavy atom. The molecule has 1 rings (SSSR count). The van der Waals surface area contributed by atoms with Crippen molar-refractivity contribution >= 4 is 11.8 Å². The van der Waals surface area contributed by atoms with Gasteiger partial charge in [0.15, 0.2) is 0 Å². The summed E-state index contributed by atoms with van der Waals surface area (Å²) in [7, 11) is 0. The Labute approximate surface area is 89.3 Å². The van der Waals surface area contributed by atoms with Crippen LogP contribution in [0, 0.1) is 0 Å². The average Bonchev–Trinajstić information content (AvgIpc) is 2.20. The molecule has 0 aliphatic heterocycles. The molecule has 0 saturated heterocycles. The van der Waals surface area contributed by atoms with Crippen LogP contribution in [0.25, 0.3) is 0 Å². The third kappa shape index (κ3) is 4.53. The third-order valence-electron chi connectivity index (χ3n) is 1.82. The first-order chi connectivity index (χ1) is 6.83. The molecule has 1 N–H and O–H groups in total. The van der Waals surface area contributed by atoms with E-state index in [1.54, 1.807) is 11.8 Å². The van der Waals surface area contributed by atoms with Gasteiger partial charge in [-0.2, -0.15) is 11.8 Å². The lowest BCUT2D eigenvalue weighted by Gasteiger charge is -2.09. The topological polar surface area (TPSA) is 29.5 Å². The summed E-state index contributed by atoms with van der Waals surface area (Å²) in [6, 6.07) is 9.67. The molecule has 1 aromatic carbocycles. The summed E-state index contributed by atoms with van der Waals surface area (Å²) < 4.78 is 5.45. The highest BCUT2D eigenvalue weighted by molar-refractivity contribution is 7.98. The number of benzene rings is 1. The summed E-state index contributed by atoms with van der Waals surface area (Å²) in [6.45, 7) is 0.575. The lowest BCUT2D eigenvalue weighted by Crippen LogP contribution is -2.14. The number of aliphatic hydroxyl groups excluding tert-OH is 1. The van der Waals surface area contributed by atoms with E-state index in [1.807, 2.05) is 36.6 Å². The van der Waals surface area contributed by atoms with Gasteiger partial charge >= 0.3 is 0 Å². The van der Waals surface area contributed by atoms with Crippen LogP contribution < -0.4 is 4.74 Å². The summed E-state index contributed by atoms with van der Waals surface area (Å²) in [5, 5.41) is 9.43. The predicted molar refractivity (Wildman–Crippen MR) is 60.9 cm³/mol. The summed E-state index contributed by atoms with van der Waals surface area (Å²) in [5.74, 6) is 1.64. The van der Waals surface area contributed by atoms with Crippen LogP contribution in [0.2, 0.25) is 0 Å². The van der Waals surface area contributed by atoms with E-state index in [0.717, 1.165) is 11.5 Å². The van der Waals surface area contributed by atoms with Crippen molar-refractivity contribution in [3.63, 3.8) is 0 Å². The molecule has 0 saturated carbocycles. The number of hydrogen-bond acceptors (Lipinski definition) is 3. The summed E-state index contributed by atoms with van der Waals surface area (Å²) >= 11 is 1.65.